The van der Waals surface area contributed by atoms with Gasteiger partial charge < -0.3 is 15.5 Å². The maximum Gasteiger partial charge on any atom is 0.256 e. The van der Waals surface area contributed by atoms with Gasteiger partial charge in [0, 0.05) is 59.5 Å². The number of hydrogen-bond acceptors (Lipinski definition) is 4. The van der Waals surface area contributed by atoms with Crippen molar-refractivity contribution in [3.63, 3.8) is 0 Å². The monoisotopic (exact) mass is 448 g/mol. The molecule has 0 fully saturated rings. The lowest BCUT2D eigenvalue weighted by Crippen LogP contribution is -2.34. The average Bonchev–Trinajstić information content (AvgIpc) is 3.01. The van der Waals surface area contributed by atoms with E-state index in [-0.39, 0.29) is 24.8 Å². The number of amides is 2. The fourth-order valence-corrected chi connectivity index (χ4v) is 4.45. The Bertz CT molecular complexity index is 990. The van der Waals surface area contributed by atoms with E-state index in [1.165, 1.54) is 0 Å². The topological polar surface area (TPSA) is 79.5 Å². The summed E-state index contributed by atoms with van der Waals surface area (Å²) in [5.41, 5.74) is 10.2. The number of halogens is 2. The number of pyridine rings is 1. The van der Waals surface area contributed by atoms with Crippen molar-refractivity contribution in [2.24, 2.45) is 5.73 Å². The first-order valence-corrected chi connectivity index (χ1v) is 10.8. The summed E-state index contributed by atoms with van der Waals surface area (Å²) in [6.45, 7) is 8.02. The summed E-state index contributed by atoms with van der Waals surface area (Å²) < 4.78 is 0. The minimum atomic E-state index is -0.152. The van der Waals surface area contributed by atoms with Crippen molar-refractivity contribution >= 4 is 35.0 Å². The van der Waals surface area contributed by atoms with E-state index in [1.54, 1.807) is 28.0 Å². The molecular weight excluding hydrogens is 423 g/mol. The third-order valence-corrected chi connectivity index (χ3v) is 6.09. The Hall–Kier alpha value is -2.15. The molecule has 0 spiro atoms. The van der Waals surface area contributed by atoms with Crippen molar-refractivity contribution in [2.75, 3.05) is 19.6 Å². The van der Waals surface area contributed by atoms with Crippen LogP contribution < -0.4 is 5.73 Å². The molecule has 1 aliphatic heterocycles. The number of carbonyl (C=O) groups is 2. The first-order chi connectivity index (χ1) is 14.3. The molecule has 1 aromatic carbocycles. The minimum Gasteiger partial charge on any atom is -0.343 e. The maximum atomic E-state index is 13.3. The molecule has 2 amide bonds. The third-order valence-electron chi connectivity index (χ3n) is 5.54. The van der Waals surface area contributed by atoms with Crippen LogP contribution in [0.3, 0.4) is 0 Å². The van der Waals surface area contributed by atoms with Gasteiger partial charge in [0.1, 0.15) is 0 Å². The molecular formula is C22H26Cl2N4O2. The molecule has 30 heavy (non-hydrogen) atoms. The summed E-state index contributed by atoms with van der Waals surface area (Å²) in [4.78, 5) is 33.8. The zero-order valence-corrected chi connectivity index (χ0v) is 19.0. The summed E-state index contributed by atoms with van der Waals surface area (Å²) in [6.07, 6.45) is 0.279. The van der Waals surface area contributed by atoms with Crippen molar-refractivity contribution < 1.29 is 9.59 Å². The predicted octanol–water partition coefficient (Wildman–Crippen LogP) is 4.04. The van der Waals surface area contributed by atoms with Gasteiger partial charge in [-0.25, -0.2) is 0 Å². The Morgan fingerprint density at radius 2 is 1.93 bits per heavy atom. The van der Waals surface area contributed by atoms with Crippen LogP contribution in [-0.2, 0) is 17.9 Å². The lowest BCUT2D eigenvalue weighted by molar-refractivity contribution is -0.131. The summed E-state index contributed by atoms with van der Waals surface area (Å²) in [7, 11) is 0. The molecule has 0 atom stereocenters. The van der Waals surface area contributed by atoms with Crippen molar-refractivity contribution in [3.05, 3.63) is 50.8 Å². The highest BCUT2D eigenvalue weighted by Crippen LogP contribution is 2.39. The molecule has 1 aromatic heterocycles. The zero-order valence-electron chi connectivity index (χ0n) is 17.5. The lowest BCUT2D eigenvalue weighted by Gasteiger charge is -2.21. The molecule has 2 heterocycles. The molecule has 1 aliphatic rings. The molecule has 6 nitrogen and oxygen atoms in total. The van der Waals surface area contributed by atoms with E-state index in [9.17, 15) is 9.59 Å². The van der Waals surface area contributed by atoms with Crippen molar-refractivity contribution in [3.8, 4) is 11.1 Å². The van der Waals surface area contributed by atoms with E-state index in [0.29, 0.717) is 58.6 Å². The molecule has 0 bridgehead atoms. The van der Waals surface area contributed by atoms with Gasteiger partial charge >= 0.3 is 0 Å². The van der Waals surface area contributed by atoms with Crippen molar-refractivity contribution in [1.29, 1.82) is 0 Å². The normalized spacial score (nSPS) is 13.0. The number of nitrogens with two attached hydrogens (primary N) is 1. The van der Waals surface area contributed by atoms with E-state index in [4.69, 9.17) is 28.9 Å². The van der Waals surface area contributed by atoms with Crippen LogP contribution in [0.15, 0.2) is 18.2 Å². The molecule has 160 valence electrons. The first kappa shape index (κ1) is 22.5. The number of aryl methyl sites for hydroxylation is 1. The highest BCUT2D eigenvalue weighted by atomic mass is 35.5. The Morgan fingerprint density at radius 1 is 1.23 bits per heavy atom. The van der Waals surface area contributed by atoms with Gasteiger partial charge in [0.25, 0.3) is 5.91 Å². The van der Waals surface area contributed by atoms with E-state index in [2.05, 4.69) is 4.98 Å². The number of nitrogens with zero attached hydrogens (tertiary/aromatic N) is 3. The highest BCUT2D eigenvalue weighted by Gasteiger charge is 2.34. The van der Waals surface area contributed by atoms with E-state index >= 15 is 0 Å². The molecule has 0 saturated carbocycles. The number of carbonyl (C=O) groups excluding carboxylic acids is 2. The standard InChI is InChI=1S/C22H26Cl2N4O2/c1-4-27(5-2)19(29)8-9-28-12-18-21(22(28)30)20(16(11-25)13(3)26-18)15-7-6-14(23)10-17(15)24/h6-7,10H,4-5,8-9,11-12,25H2,1-3H3. The van der Waals surface area contributed by atoms with Gasteiger partial charge in [-0.1, -0.05) is 29.3 Å². The second-order valence-corrected chi connectivity index (χ2v) is 8.09. The van der Waals surface area contributed by atoms with Gasteiger partial charge in [0.05, 0.1) is 17.8 Å². The quantitative estimate of drug-likeness (QED) is 0.692. The Kier molecular flexibility index (Phi) is 7.01. The smallest absolute Gasteiger partial charge is 0.256 e. The molecule has 2 N–H and O–H groups in total. The molecule has 0 aliphatic carbocycles. The Labute approximate surface area is 187 Å². The predicted molar refractivity (Wildman–Crippen MR) is 120 cm³/mol. The van der Waals surface area contributed by atoms with Crippen LogP contribution in [0.5, 0.6) is 0 Å². The number of aromatic nitrogens is 1. The summed E-state index contributed by atoms with van der Waals surface area (Å²) in [5, 5.41) is 0.969. The fourth-order valence-electron chi connectivity index (χ4n) is 3.94. The zero-order chi connectivity index (χ0) is 22.0. The maximum absolute atomic E-state index is 13.3. The number of benzene rings is 1. The Balaban J connectivity index is 1.99. The van der Waals surface area contributed by atoms with E-state index < -0.39 is 0 Å². The molecule has 8 heteroatoms. The van der Waals surface area contributed by atoms with Gasteiger partial charge in [0.2, 0.25) is 5.91 Å². The van der Waals surface area contributed by atoms with Crippen LogP contribution in [-0.4, -0.2) is 46.2 Å². The molecule has 0 radical (unpaired) electrons. The summed E-state index contributed by atoms with van der Waals surface area (Å²) >= 11 is 12.5. The molecule has 0 saturated heterocycles. The Morgan fingerprint density at radius 3 is 2.53 bits per heavy atom. The molecule has 0 unspecified atom stereocenters. The van der Waals surface area contributed by atoms with Crippen molar-refractivity contribution in [1.82, 2.24) is 14.8 Å². The van der Waals surface area contributed by atoms with Crippen molar-refractivity contribution in [2.45, 2.75) is 40.3 Å². The SMILES string of the molecule is CCN(CC)C(=O)CCN1Cc2nc(C)c(CN)c(-c3ccc(Cl)cc3Cl)c2C1=O. The van der Waals surface area contributed by atoms with Gasteiger partial charge in [-0.3, -0.25) is 14.6 Å². The second-order valence-electron chi connectivity index (χ2n) is 7.24. The highest BCUT2D eigenvalue weighted by molar-refractivity contribution is 6.36. The first-order valence-electron chi connectivity index (χ1n) is 10.1. The number of rotatable bonds is 7. The van der Waals surface area contributed by atoms with Crippen LogP contribution >= 0.6 is 23.2 Å². The number of hydrogen-bond donors (Lipinski definition) is 1. The minimum absolute atomic E-state index is 0.0384. The van der Waals surface area contributed by atoms with Gasteiger partial charge in [-0.15, -0.1) is 0 Å². The summed E-state index contributed by atoms with van der Waals surface area (Å²) in [6, 6.07) is 5.20. The number of fused-ring (bicyclic) bond motifs is 1. The van der Waals surface area contributed by atoms with Gasteiger partial charge in [-0.05, 0) is 38.5 Å². The van der Waals surface area contributed by atoms with Crippen LogP contribution in [0.4, 0.5) is 0 Å². The molecule has 3 rings (SSSR count). The third kappa shape index (κ3) is 4.17. The lowest BCUT2D eigenvalue weighted by atomic mass is 9.93. The second kappa shape index (κ2) is 9.33. The largest absolute Gasteiger partial charge is 0.343 e. The van der Waals surface area contributed by atoms with Gasteiger partial charge in [-0.2, -0.15) is 0 Å². The van der Waals surface area contributed by atoms with Crippen LogP contribution in [0.25, 0.3) is 11.1 Å². The summed E-state index contributed by atoms with van der Waals surface area (Å²) in [5.74, 6) is -0.114. The van der Waals surface area contributed by atoms with E-state index in [0.717, 1.165) is 11.3 Å². The van der Waals surface area contributed by atoms with E-state index in [1.807, 2.05) is 20.8 Å². The fraction of sp³-hybridized carbons (Fsp3) is 0.409. The van der Waals surface area contributed by atoms with Crippen LogP contribution in [0, 0.1) is 6.92 Å². The molecule has 2 aromatic rings. The van der Waals surface area contributed by atoms with Crippen LogP contribution in [0.2, 0.25) is 10.0 Å². The van der Waals surface area contributed by atoms with Crippen LogP contribution in [0.1, 0.15) is 47.6 Å². The average molecular weight is 449 g/mol. The van der Waals surface area contributed by atoms with Gasteiger partial charge in [0.15, 0.2) is 0 Å².